The first kappa shape index (κ1) is 30.2. The van der Waals surface area contributed by atoms with Crippen LogP contribution in [-0.2, 0) is 35.5 Å². The van der Waals surface area contributed by atoms with Crippen molar-refractivity contribution in [2.75, 3.05) is 43.5 Å². The first-order valence-electron chi connectivity index (χ1n) is 13.0. The second kappa shape index (κ2) is 14.1. The number of hydrogen-bond acceptors (Lipinski definition) is 8. The van der Waals surface area contributed by atoms with Crippen LogP contribution in [0.15, 0.2) is 36.5 Å². The molecule has 2 aromatic rings. The number of pyridine rings is 1. The number of rotatable bonds is 13. The highest BCUT2D eigenvalue weighted by atomic mass is 32.2. The highest BCUT2D eigenvalue weighted by Crippen LogP contribution is 2.25. The van der Waals surface area contributed by atoms with Gasteiger partial charge in [-0.1, -0.05) is 12.1 Å². The molecule has 39 heavy (non-hydrogen) atoms. The number of carbonyl (C=O) groups is 3. The van der Waals surface area contributed by atoms with Gasteiger partial charge in [0.25, 0.3) is 0 Å². The number of nitrogens with zero attached hydrogens (tertiary/aromatic N) is 3. The van der Waals surface area contributed by atoms with Gasteiger partial charge in [0, 0.05) is 25.8 Å². The van der Waals surface area contributed by atoms with Gasteiger partial charge in [-0.25, -0.2) is 26.9 Å². The van der Waals surface area contributed by atoms with Gasteiger partial charge in [-0.2, -0.15) is 0 Å². The molecule has 0 aliphatic carbocycles. The third-order valence-corrected chi connectivity index (χ3v) is 8.11. The van der Waals surface area contributed by atoms with Gasteiger partial charge in [0.1, 0.15) is 12.2 Å². The topological polar surface area (TPSA) is 123 Å². The fourth-order valence-corrected chi connectivity index (χ4v) is 5.87. The zero-order valence-corrected chi connectivity index (χ0v) is 23.0. The molecule has 212 valence electrons. The number of carbonyl (C=O) groups excluding carboxylic acids is 3. The van der Waals surface area contributed by atoms with Crippen molar-refractivity contribution < 1.29 is 36.7 Å². The number of sulfonamides is 1. The summed E-state index contributed by atoms with van der Waals surface area (Å²) in [6.45, 7) is 4.26. The number of amides is 1. The molecular formula is C27H34FN3O7S. The summed E-state index contributed by atoms with van der Waals surface area (Å²) in [6, 6.07) is 7.46. The van der Waals surface area contributed by atoms with Gasteiger partial charge < -0.3 is 14.4 Å². The van der Waals surface area contributed by atoms with Crippen molar-refractivity contribution in [3.05, 3.63) is 59.2 Å². The maximum absolute atomic E-state index is 13.4. The molecule has 12 heteroatoms. The molecule has 1 aromatic carbocycles. The summed E-state index contributed by atoms with van der Waals surface area (Å²) >= 11 is 0. The number of ether oxygens (including phenoxy) is 2. The highest BCUT2D eigenvalue weighted by Gasteiger charge is 2.29. The van der Waals surface area contributed by atoms with Crippen molar-refractivity contribution in [1.29, 1.82) is 0 Å². The summed E-state index contributed by atoms with van der Waals surface area (Å²) in [6.07, 6.45) is 2.87. The monoisotopic (exact) mass is 563 g/mol. The average Bonchev–Trinajstić information content (AvgIpc) is 3.44. The zero-order chi connectivity index (χ0) is 28.4. The van der Waals surface area contributed by atoms with Crippen LogP contribution in [0.5, 0.6) is 0 Å². The summed E-state index contributed by atoms with van der Waals surface area (Å²) in [4.78, 5) is 43.7. The quantitative estimate of drug-likeness (QED) is 0.269. The molecule has 0 saturated carbocycles. The van der Waals surface area contributed by atoms with E-state index < -0.39 is 34.3 Å². The van der Waals surface area contributed by atoms with Crippen molar-refractivity contribution >= 4 is 33.6 Å². The number of halogens is 1. The van der Waals surface area contributed by atoms with E-state index in [-0.39, 0.29) is 49.1 Å². The number of esters is 2. The summed E-state index contributed by atoms with van der Waals surface area (Å²) < 4.78 is 50.4. The van der Waals surface area contributed by atoms with E-state index in [1.54, 1.807) is 32.0 Å². The van der Waals surface area contributed by atoms with E-state index in [4.69, 9.17) is 9.47 Å². The second-order valence-corrected chi connectivity index (χ2v) is 11.1. The van der Waals surface area contributed by atoms with Gasteiger partial charge in [-0.3, -0.25) is 9.59 Å². The van der Waals surface area contributed by atoms with Gasteiger partial charge in [-0.15, -0.1) is 0 Å². The molecule has 3 rings (SSSR count). The molecule has 1 amide bonds. The van der Waals surface area contributed by atoms with Crippen LogP contribution in [0.1, 0.15) is 61.1 Å². The Kier molecular flexibility index (Phi) is 10.9. The Balaban J connectivity index is 1.94. The SMILES string of the molecule is CCOC(=O)CC(=O)N(CCCS(=O)(=O)N1CCCC1)c1cc(Cc2ccc(F)cc2)cnc1C(=O)OCC. The van der Waals surface area contributed by atoms with Crippen LogP contribution in [0.3, 0.4) is 0 Å². The van der Waals surface area contributed by atoms with Gasteiger partial charge in [-0.05, 0) is 68.9 Å². The molecule has 1 aliphatic heterocycles. The number of benzene rings is 1. The molecule has 0 N–H and O–H groups in total. The molecular weight excluding hydrogens is 529 g/mol. The van der Waals surface area contributed by atoms with Crippen LogP contribution in [-0.4, -0.2) is 74.2 Å². The molecule has 1 aromatic heterocycles. The first-order chi connectivity index (χ1) is 18.6. The smallest absolute Gasteiger partial charge is 0.359 e. The minimum absolute atomic E-state index is 0.0673. The summed E-state index contributed by atoms with van der Waals surface area (Å²) in [5, 5.41) is 0. The number of anilines is 1. The molecule has 1 saturated heterocycles. The predicted molar refractivity (Wildman–Crippen MR) is 142 cm³/mol. The lowest BCUT2D eigenvalue weighted by Gasteiger charge is -2.25. The van der Waals surface area contributed by atoms with Gasteiger partial charge in [0.15, 0.2) is 5.69 Å². The lowest BCUT2D eigenvalue weighted by Crippen LogP contribution is -2.37. The second-order valence-electron chi connectivity index (χ2n) is 9.04. The van der Waals surface area contributed by atoms with Crippen LogP contribution in [0.25, 0.3) is 0 Å². The third kappa shape index (κ3) is 8.56. The van der Waals surface area contributed by atoms with Crippen LogP contribution < -0.4 is 4.90 Å². The summed E-state index contributed by atoms with van der Waals surface area (Å²) in [5.74, 6) is -2.76. The minimum atomic E-state index is -3.52. The molecule has 0 radical (unpaired) electrons. The first-order valence-corrected chi connectivity index (χ1v) is 14.6. The molecule has 1 aliphatic rings. The maximum atomic E-state index is 13.4. The van der Waals surface area contributed by atoms with Crippen molar-refractivity contribution in [2.45, 2.75) is 46.0 Å². The fourth-order valence-electron chi connectivity index (χ4n) is 4.30. The van der Waals surface area contributed by atoms with E-state index in [1.165, 1.54) is 27.5 Å². The molecule has 0 atom stereocenters. The van der Waals surface area contributed by atoms with Crippen LogP contribution >= 0.6 is 0 Å². The van der Waals surface area contributed by atoms with Crippen LogP contribution in [0.2, 0.25) is 0 Å². The fraction of sp³-hybridized carbons (Fsp3) is 0.481. The van der Waals surface area contributed by atoms with Crippen molar-refractivity contribution in [3.8, 4) is 0 Å². The summed E-state index contributed by atoms with van der Waals surface area (Å²) in [5.41, 5.74) is 1.35. The minimum Gasteiger partial charge on any atom is -0.466 e. The lowest BCUT2D eigenvalue weighted by molar-refractivity contribution is -0.145. The standard InChI is InChI=1S/C27H34FN3O7S/c1-3-37-25(33)18-24(32)31(14-7-15-39(35,36)30-12-5-6-13-30)23-17-21(16-20-8-10-22(28)11-9-20)19-29-26(23)27(34)38-4-2/h8-11,17,19H,3-7,12-16,18H2,1-2H3. The Morgan fingerprint density at radius 3 is 2.33 bits per heavy atom. The summed E-state index contributed by atoms with van der Waals surface area (Å²) in [7, 11) is -3.52. The molecule has 1 fully saturated rings. The molecule has 2 heterocycles. The van der Waals surface area contributed by atoms with E-state index in [0.717, 1.165) is 18.4 Å². The maximum Gasteiger partial charge on any atom is 0.359 e. The van der Waals surface area contributed by atoms with E-state index >= 15 is 0 Å². The Bertz CT molecular complexity index is 1260. The van der Waals surface area contributed by atoms with Gasteiger partial charge >= 0.3 is 11.9 Å². The number of aromatic nitrogens is 1. The largest absolute Gasteiger partial charge is 0.466 e. The van der Waals surface area contributed by atoms with E-state index in [0.29, 0.717) is 25.1 Å². The molecule has 0 bridgehead atoms. The van der Waals surface area contributed by atoms with E-state index in [2.05, 4.69) is 4.98 Å². The van der Waals surface area contributed by atoms with Crippen molar-refractivity contribution in [2.24, 2.45) is 0 Å². The number of hydrogen-bond donors (Lipinski definition) is 0. The lowest BCUT2D eigenvalue weighted by atomic mass is 10.0. The van der Waals surface area contributed by atoms with Gasteiger partial charge in [0.2, 0.25) is 15.9 Å². The zero-order valence-electron chi connectivity index (χ0n) is 22.2. The highest BCUT2D eigenvalue weighted by molar-refractivity contribution is 7.89. The Labute approximate surface area is 228 Å². The average molecular weight is 564 g/mol. The van der Waals surface area contributed by atoms with Crippen molar-refractivity contribution in [3.63, 3.8) is 0 Å². The van der Waals surface area contributed by atoms with Crippen LogP contribution in [0, 0.1) is 5.82 Å². The Hall–Kier alpha value is -3.38. The van der Waals surface area contributed by atoms with E-state index in [1.807, 2.05) is 0 Å². The molecule has 10 nitrogen and oxygen atoms in total. The molecule has 0 spiro atoms. The Morgan fingerprint density at radius 1 is 1.03 bits per heavy atom. The third-order valence-electron chi connectivity index (χ3n) is 6.15. The predicted octanol–water partition coefficient (Wildman–Crippen LogP) is 3.09. The van der Waals surface area contributed by atoms with Crippen molar-refractivity contribution in [1.82, 2.24) is 9.29 Å². The molecule has 0 unspecified atom stereocenters. The normalized spacial score (nSPS) is 13.7. The van der Waals surface area contributed by atoms with E-state index in [9.17, 15) is 27.2 Å². The Morgan fingerprint density at radius 2 is 1.69 bits per heavy atom. The van der Waals surface area contributed by atoms with Crippen LogP contribution in [0.4, 0.5) is 10.1 Å². The van der Waals surface area contributed by atoms with Gasteiger partial charge in [0.05, 0.1) is 24.7 Å².